The molecule has 22 heteroatoms. The molecule has 2 heterocycles. The average Bonchev–Trinajstić information content (AvgIpc) is 3.14. The van der Waals surface area contributed by atoms with Crippen molar-refractivity contribution in [2.45, 2.75) is 60.5 Å². The highest BCUT2D eigenvalue weighted by Gasteiger charge is 2.34. The molecule has 294 valence electrons. The molecule has 2 aliphatic heterocycles. The molecule has 2 fully saturated rings. The summed E-state index contributed by atoms with van der Waals surface area (Å²) in [5, 5.41) is 20.1. The number of aliphatic imine (C=N–C) groups is 2. The van der Waals surface area contributed by atoms with E-state index in [1.54, 1.807) is 11.0 Å². The molecule has 20 nitrogen and oxygen atoms in total. The smallest absolute Gasteiger partial charge is 0.363 e. The Balaban J connectivity index is 1.31. The number of amides is 2. The zero-order chi connectivity index (χ0) is 39.8. The molecule has 54 heavy (non-hydrogen) atoms. The Bertz CT molecular complexity index is 1900. The lowest BCUT2D eigenvalue weighted by atomic mass is 10.1. The maximum Gasteiger partial charge on any atom is 0.363 e. The van der Waals surface area contributed by atoms with Gasteiger partial charge in [0.05, 0.1) is 21.2 Å². The lowest BCUT2D eigenvalue weighted by Gasteiger charge is -2.30. The Labute approximate surface area is 310 Å². The molecule has 2 atom stereocenters. The van der Waals surface area contributed by atoms with Gasteiger partial charge in [-0.3, -0.25) is 9.59 Å². The molecule has 0 aromatic heterocycles. The highest BCUT2D eigenvalue weighted by Crippen LogP contribution is 2.30. The first-order valence-corrected chi connectivity index (χ1v) is 20.4. The third-order valence-corrected chi connectivity index (χ3v) is 10.6. The molecule has 2 unspecified atom stereocenters. The van der Waals surface area contributed by atoms with Gasteiger partial charge < -0.3 is 41.2 Å². The van der Waals surface area contributed by atoms with E-state index in [0.717, 1.165) is 63.2 Å². The number of sulfone groups is 2. The average molecular weight is 795 g/mol. The first kappa shape index (κ1) is 41.4. The van der Waals surface area contributed by atoms with Gasteiger partial charge in [-0.1, -0.05) is 0 Å². The summed E-state index contributed by atoms with van der Waals surface area (Å²) in [5.41, 5.74) is 15.3. The molecule has 0 radical (unpaired) electrons. The highest BCUT2D eigenvalue weighted by molar-refractivity contribution is 7.91. The predicted molar refractivity (Wildman–Crippen MR) is 194 cm³/mol. The van der Waals surface area contributed by atoms with Gasteiger partial charge in [-0.15, -0.1) is 0 Å². The van der Waals surface area contributed by atoms with E-state index in [9.17, 15) is 46.2 Å². The summed E-state index contributed by atoms with van der Waals surface area (Å²) < 4.78 is 50.0. The maximum atomic E-state index is 12.7. The Morgan fingerprint density at radius 3 is 1.30 bits per heavy atom. The van der Waals surface area contributed by atoms with Crippen LogP contribution in [0.1, 0.15) is 59.2 Å². The van der Waals surface area contributed by atoms with Gasteiger partial charge in [0.15, 0.2) is 31.9 Å². The Morgan fingerprint density at radius 2 is 0.981 bits per heavy atom. The van der Waals surface area contributed by atoms with E-state index in [1.165, 1.54) is 24.3 Å². The molecule has 2 aliphatic rings. The number of aliphatic hydroxyl groups excluding tert-OH is 2. The van der Waals surface area contributed by atoms with Crippen LogP contribution in [0.4, 0.5) is 11.4 Å². The number of rotatable bonds is 9. The number of hydrogen-bond acceptors (Lipinski definition) is 14. The standard InChI is InChI=1S/C32H42N8O12S2/c1-53(47,48)23-17-19(9-11-21(23)39-13-5-3-6-14-39)27(43)35-31(33)37-51-29(45)25(41)26(42)30(46)52-38-32(34)36-28(44)20-10-12-22(24(18-20)54(2,49)50)40-15-7-4-8-16-40/h9-12,17-18,25-26,41-42H,3-8,13-16H2,1-2H3,(H3,33,35,37,43)(H3,34,36,38,44). The van der Waals surface area contributed by atoms with Crippen LogP contribution in [-0.2, 0) is 38.9 Å². The molecular weight excluding hydrogens is 753 g/mol. The van der Waals surface area contributed by atoms with Crippen LogP contribution >= 0.6 is 0 Å². The Hall–Kier alpha value is -5.32. The molecule has 8 N–H and O–H groups in total. The largest absolute Gasteiger partial charge is 0.379 e. The number of anilines is 2. The first-order chi connectivity index (χ1) is 25.4. The third-order valence-electron chi connectivity index (χ3n) is 8.34. The minimum Gasteiger partial charge on any atom is -0.379 e. The number of hydroxylamine groups is 2. The predicted octanol–water partition coefficient (Wildman–Crippen LogP) is -1.10. The summed E-state index contributed by atoms with van der Waals surface area (Å²) in [6.45, 7) is 2.61. The van der Waals surface area contributed by atoms with Crippen molar-refractivity contribution in [2.24, 2.45) is 21.5 Å². The van der Waals surface area contributed by atoms with Gasteiger partial charge in [0.2, 0.25) is 11.9 Å². The number of hydrogen-bond donors (Lipinski definition) is 6. The minimum absolute atomic E-state index is 0.0810. The number of aliphatic hydroxyl groups is 2. The molecule has 2 amide bonds. The number of nitrogens with one attached hydrogen (secondary N) is 2. The van der Waals surface area contributed by atoms with Gasteiger partial charge in [-0.25, -0.2) is 26.4 Å². The molecular formula is C32H42N8O12S2. The van der Waals surface area contributed by atoms with Crippen molar-refractivity contribution >= 4 is 66.7 Å². The van der Waals surface area contributed by atoms with Gasteiger partial charge in [0, 0.05) is 49.8 Å². The summed E-state index contributed by atoms with van der Waals surface area (Å²) in [4.78, 5) is 69.5. The van der Waals surface area contributed by atoms with Crippen molar-refractivity contribution in [3.8, 4) is 0 Å². The fourth-order valence-corrected chi connectivity index (χ4v) is 7.49. The number of carbonyl (C=O) groups is 4. The molecule has 0 bridgehead atoms. The van der Waals surface area contributed by atoms with Crippen LogP contribution in [0.15, 0.2) is 56.2 Å². The zero-order valence-electron chi connectivity index (χ0n) is 29.4. The molecule has 0 spiro atoms. The van der Waals surface area contributed by atoms with E-state index in [1.807, 2.05) is 9.80 Å². The monoisotopic (exact) mass is 794 g/mol. The van der Waals surface area contributed by atoms with E-state index in [-0.39, 0.29) is 20.9 Å². The lowest BCUT2D eigenvalue weighted by molar-refractivity contribution is -0.177. The molecule has 2 aromatic carbocycles. The second-order valence-corrected chi connectivity index (χ2v) is 16.5. The van der Waals surface area contributed by atoms with E-state index in [4.69, 9.17) is 11.5 Å². The molecule has 0 saturated carbocycles. The van der Waals surface area contributed by atoms with Crippen LogP contribution < -0.4 is 32.2 Å². The van der Waals surface area contributed by atoms with Crippen molar-refractivity contribution in [1.82, 2.24) is 11.0 Å². The van der Waals surface area contributed by atoms with Crippen LogP contribution in [0.25, 0.3) is 0 Å². The SMILES string of the molecule is CS(=O)(=O)c1cc(C(=O)N=C(N)NOC(=O)C(O)C(O)C(=O)ONC(N)=NC(=O)c2ccc(N3CCCCC3)c(S(C)(=O)=O)c2)ccc1N1CCCCC1. The van der Waals surface area contributed by atoms with Crippen LogP contribution in [0, 0.1) is 0 Å². The second kappa shape index (κ2) is 17.7. The van der Waals surface area contributed by atoms with E-state index >= 15 is 0 Å². The molecule has 2 aromatic rings. The number of guanidine groups is 2. The topological polar surface area (TPSA) is 303 Å². The van der Waals surface area contributed by atoms with Gasteiger partial charge >= 0.3 is 11.9 Å². The highest BCUT2D eigenvalue weighted by atomic mass is 32.2. The fourth-order valence-electron chi connectivity index (χ4n) is 5.66. The van der Waals surface area contributed by atoms with Gasteiger partial charge in [0.25, 0.3) is 11.8 Å². The van der Waals surface area contributed by atoms with Crippen LogP contribution in [0.2, 0.25) is 0 Å². The van der Waals surface area contributed by atoms with E-state index < -0.39 is 67.6 Å². The van der Waals surface area contributed by atoms with Crippen LogP contribution in [0.3, 0.4) is 0 Å². The van der Waals surface area contributed by atoms with Crippen molar-refractivity contribution in [1.29, 1.82) is 0 Å². The number of benzene rings is 2. The molecule has 4 rings (SSSR count). The van der Waals surface area contributed by atoms with E-state index in [2.05, 4.69) is 19.7 Å². The van der Waals surface area contributed by atoms with Gasteiger partial charge in [-0.05, 0) is 74.9 Å². The fraction of sp³-hybridized carbons (Fsp3) is 0.438. The number of nitrogens with two attached hydrogens (primary N) is 2. The Kier molecular flexibility index (Phi) is 13.6. The summed E-state index contributed by atoms with van der Waals surface area (Å²) in [6.07, 6.45) is 2.44. The zero-order valence-corrected chi connectivity index (χ0v) is 31.1. The van der Waals surface area contributed by atoms with Crippen LogP contribution in [0.5, 0.6) is 0 Å². The van der Waals surface area contributed by atoms with Gasteiger partial charge in [-0.2, -0.15) is 20.9 Å². The van der Waals surface area contributed by atoms with Crippen molar-refractivity contribution in [3.63, 3.8) is 0 Å². The quantitative estimate of drug-likeness (QED) is 0.0997. The second-order valence-electron chi connectivity index (χ2n) is 12.5. The summed E-state index contributed by atoms with van der Waals surface area (Å²) >= 11 is 0. The summed E-state index contributed by atoms with van der Waals surface area (Å²) in [5.74, 6) is -6.99. The molecule has 2 saturated heterocycles. The molecule has 0 aliphatic carbocycles. The maximum absolute atomic E-state index is 12.7. The minimum atomic E-state index is -3.75. The number of piperidine rings is 2. The number of carbonyl (C=O) groups excluding carboxylic acids is 4. The normalized spacial score (nSPS) is 16.9. The van der Waals surface area contributed by atoms with Crippen molar-refractivity contribution in [3.05, 3.63) is 47.5 Å². The third kappa shape index (κ3) is 10.9. The van der Waals surface area contributed by atoms with Crippen LogP contribution in [-0.4, -0.2) is 114 Å². The summed E-state index contributed by atoms with van der Waals surface area (Å²) in [6, 6.07) is 8.00. The Morgan fingerprint density at radius 1 is 0.648 bits per heavy atom. The van der Waals surface area contributed by atoms with Gasteiger partial charge in [0.1, 0.15) is 0 Å². The number of nitrogens with zero attached hydrogens (tertiary/aromatic N) is 4. The summed E-state index contributed by atoms with van der Waals surface area (Å²) in [7, 11) is -7.50. The van der Waals surface area contributed by atoms with Crippen molar-refractivity contribution < 1.29 is 55.9 Å². The lowest BCUT2D eigenvalue weighted by Crippen LogP contribution is -2.47. The van der Waals surface area contributed by atoms with E-state index in [0.29, 0.717) is 37.6 Å². The van der Waals surface area contributed by atoms with Crippen molar-refractivity contribution in [2.75, 3.05) is 48.5 Å². The first-order valence-electron chi connectivity index (χ1n) is 16.6.